The lowest BCUT2D eigenvalue weighted by Crippen LogP contribution is -2.51. The van der Waals surface area contributed by atoms with Crippen molar-refractivity contribution in [1.82, 2.24) is 5.32 Å². The van der Waals surface area contributed by atoms with Crippen LogP contribution in [-0.2, 0) is 9.59 Å². The molecule has 0 radical (unpaired) electrons. The number of carbonyl (C=O) groups excluding carboxylic acids is 1. The lowest BCUT2D eigenvalue weighted by Gasteiger charge is -2.33. The highest BCUT2D eigenvalue weighted by molar-refractivity contribution is 5.87. The number of fused-ring (bicyclic) bond motifs is 2. The van der Waals surface area contributed by atoms with Gasteiger partial charge >= 0.3 is 5.97 Å². The largest absolute Gasteiger partial charge is 0.481 e. The summed E-state index contributed by atoms with van der Waals surface area (Å²) in [4.78, 5) is 24.0. The van der Waals surface area contributed by atoms with Crippen molar-refractivity contribution in [3.05, 3.63) is 0 Å². The Kier molecular flexibility index (Phi) is 4.08. The number of rotatable bonds is 5. The maximum Gasteiger partial charge on any atom is 0.307 e. The molecular weight excluding hydrogens is 254 g/mol. The highest BCUT2D eigenvalue weighted by Gasteiger charge is 2.54. The first-order valence-electron chi connectivity index (χ1n) is 7.50. The van der Waals surface area contributed by atoms with Gasteiger partial charge in [-0.25, -0.2) is 0 Å². The lowest BCUT2D eigenvalue weighted by atomic mass is 9.78. The predicted molar refractivity (Wildman–Crippen MR) is 75.7 cm³/mol. The Hall–Kier alpha value is -1.50. The maximum absolute atomic E-state index is 12.6. The van der Waals surface area contributed by atoms with Gasteiger partial charge in [-0.1, -0.05) is 19.8 Å². The fourth-order valence-electron chi connectivity index (χ4n) is 4.01. The minimum atomic E-state index is -0.836. The van der Waals surface area contributed by atoms with E-state index >= 15 is 0 Å². The molecule has 0 aromatic rings. The van der Waals surface area contributed by atoms with Gasteiger partial charge in [0.1, 0.15) is 5.54 Å². The Morgan fingerprint density at radius 1 is 1.25 bits per heavy atom. The van der Waals surface area contributed by atoms with Crippen LogP contribution in [0.4, 0.5) is 0 Å². The standard InChI is InChI=1S/C16H23NO3/c1-4-16(5-2,6-3)17-14(18)12-10-7-8-11(9-10)13(12)15(19)20/h1,10-13H,5-9H2,2-3H3,(H,17,18)(H,19,20)/t10-,11-,12-,13-/m0/s1. The van der Waals surface area contributed by atoms with E-state index < -0.39 is 23.3 Å². The van der Waals surface area contributed by atoms with Gasteiger partial charge in [-0.05, 0) is 43.9 Å². The van der Waals surface area contributed by atoms with Crippen LogP contribution in [0.1, 0.15) is 46.0 Å². The first-order valence-corrected chi connectivity index (χ1v) is 7.50. The molecule has 2 aliphatic carbocycles. The normalized spacial score (nSPS) is 31.9. The molecule has 0 aromatic carbocycles. The van der Waals surface area contributed by atoms with Crippen molar-refractivity contribution in [2.45, 2.75) is 51.5 Å². The number of hydrogen-bond acceptors (Lipinski definition) is 2. The number of nitrogens with one attached hydrogen (secondary N) is 1. The third kappa shape index (κ3) is 2.30. The van der Waals surface area contributed by atoms with E-state index in [1.165, 1.54) is 0 Å². The van der Waals surface area contributed by atoms with Crippen molar-refractivity contribution < 1.29 is 14.7 Å². The summed E-state index contributed by atoms with van der Waals surface area (Å²) in [6.45, 7) is 3.89. The minimum absolute atomic E-state index is 0.161. The van der Waals surface area contributed by atoms with Gasteiger partial charge in [0.25, 0.3) is 0 Å². The molecule has 0 aromatic heterocycles. The Balaban J connectivity index is 2.16. The molecule has 2 saturated carbocycles. The van der Waals surface area contributed by atoms with E-state index in [-0.39, 0.29) is 17.7 Å². The molecule has 4 nitrogen and oxygen atoms in total. The van der Waals surface area contributed by atoms with Crippen LogP contribution >= 0.6 is 0 Å². The Morgan fingerprint density at radius 3 is 2.25 bits per heavy atom. The third-order valence-corrected chi connectivity index (χ3v) is 5.35. The van der Waals surface area contributed by atoms with Crippen molar-refractivity contribution in [3.8, 4) is 12.3 Å². The van der Waals surface area contributed by atoms with Gasteiger partial charge in [-0.2, -0.15) is 0 Å². The smallest absolute Gasteiger partial charge is 0.307 e. The highest BCUT2D eigenvalue weighted by Crippen LogP contribution is 2.52. The number of carboxylic acids is 1. The average Bonchev–Trinajstić information content (AvgIpc) is 3.05. The fraction of sp³-hybridized carbons (Fsp3) is 0.750. The van der Waals surface area contributed by atoms with E-state index in [9.17, 15) is 14.7 Å². The monoisotopic (exact) mass is 277 g/mol. The molecule has 2 N–H and O–H groups in total. The molecule has 0 saturated heterocycles. The number of aliphatic carboxylic acids is 1. The van der Waals surface area contributed by atoms with Gasteiger partial charge in [0, 0.05) is 0 Å². The van der Waals surface area contributed by atoms with Crippen LogP contribution in [0, 0.1) is 36.0 Å². The van der Waals surface area contributed by atoms with E-state index in [0.29, 0.717) is 12.8 Å². The molecule has 0 spiro atoms. The van der Waals surface area contributed by atoms with Gasteiger partial charge in [0.2, 0.25) is 5.91 Å². The number of carboxylic acid groups (broad SMARTS) is 1. The molecule has 20 heavy (non-hydrogen) atoms. The van der Waals surface area contributed by atoms with E-state index in [1.807, 2.05) is 13.8 Å². The Bertz CT molecular complexity index is 447. The average molecular weight is 277 g/mol. The van der Waals surface area contributed by atoms with Gasteiger partial charge in [0.05, 0.1) is 11.8 Å². The van der Waals surface area contributed by atoms with Gasteiger partial charge < -0.3 is 10.4 Å². The van der Waals surface area contributed by atoms with E-state index in [4.69, 9.17) is 6.42 Å². The number of amides is 1. The minimum Gasteiger partial charge on any atom is -0.481 e. The molecule has 2 fully saturated rings. The van der Waals surface area contributed by atoms with Crippen LogP contribution in [0.2, 0.25) is 0 Å². The molecule has 110 valence electrons. The molecule has 0 heterocycles. The summed E-state index contributed by atoms with van der Waals surface area (Å²) < 4.78 is 0. The van der Waals surface area contributed by atoms with Crippen LogP contribution in [-0.4, -0.2) is 22.5 Å². The molecule has 0 unspecified atom stereocenters. The van der Waals surface area contributed by atoms with Crippen molar-refractivity contribution in [2.75, 3.05) is 0 Å². The van der Waals surface area contributed by atoms with Crippen LogP contribution in [0.5, 0.6) is 0 Å². The zero-order valence-electron chi connectivity index (χ0n) is 12.2. The molecule has 4 atom stereocenters. The van der Waals surface area contributed by atoms with Crippen LogP contribution in [0.15, 0.2) is 0 Å². The first kappa shape index (κ1) is 14.9. The quantitative estimate of drug-likeness (QED) is 0.756. The molecule has 2 rings (SSSR count). The highest BCUT2D eigenvalue weighted by atomic mass is 16.4. The van der Waals surface area contributed by atoms with E-state index in [2.05, 4.69) is 11.2 Å². The molecule has 2 bridgehead atoms. The maximum atomic E-state index is 12.6. The van der Waals surface area contributed by atoms with Crippen LogP contribution in [0.3, 0.4) is 0 Å². The number of terminal acetylenes is 1. The van der Waals surface area contributed by atoms with Gasteiger partial charge in [-0.3, -0.25) is 9.59 Å². The van der Waals surface area contributed by atoms with Crippen molar-refractivity contribution in [1.29, 1.82) is 0 Å². The van der Waals surface area contributed by atoms with E-state index in [0.717, 1.165) is 19.3 Å². The summed E-state index contributed by atoms with van der Waals surface area (Å²) in [5, 5.41) is 12.4. The molecule has 2 aliphatic rings. The zero-order chi connectivity index (χ0) is 14.9. The summed E-state index contributed by atoms with van der Waals surface area (Å²) in [5.41, 5.74) is -0.637. The molecular formula is C16H23NO3. The Morgan fingerprint density at radius 2 is 1.80 bits per heavy atom. The summed E-state index contributed by atoms with van der Waals surface area (Å²) >= 11 is 0. The summed E-state index contributed by atoms with van der Waals surface area (Å²) in [7, 11) is 0. The van der Waals surface area contributed by atoms with Gasteiger partial charge in [-0.15, -0.1) is 6.42 Å². The van der Waals surface area contributed by atoms with Gasteiger partial charge in [0.15, 0.2) is 0 Å². The lowest BCUT2D eigenvalue weighted by molar-refractivity contribution is -0.149. The van der Waals surface area contributed by atoms with E-state index in [1.54, 1.807) is 0 Å². The second kappa shape index (κ2) is 5.47. The van der Waals surface area contributed by atoms with Crippen molar-refractivity contribution in [3.63, 3.8) is 0 Å². The molecule has 4 heteroatoms. The number of carbonyl (C=O) groups is 2. The summed E-state index contributed by atoms with van der Waals surface area (Å²) in [6, 6.07) is 0. The second-order valence-electron chi connectivity index (χ2n) is 6.15. The first-order chi connectivity index (χ1) is 9.48. The summed E-state index contributed by atoms with van der Waals surface area (Å²) in [6.07, 6.45) is 9.65. The fourth-order valence-corrected chi connectivity index (χ4v) is 4.01. The SMILES string of the molecule is C#CC(CC)(CC)NC(=O)[C@H]1[C@H]2CC[C@@H](C2)[C@@H]1C(=O)O. The van der Waals surface area contributed by atoms with Crippen molar-refractivity contribution >= 4 is 11.9 Å². The number of hydrogen-bond donors (Lipinski definition) is 2. The zero-order valence-corrected chi connectivity index (χ0v) is 12.2. The molecule has 0 aliphatic heterocycles. The summed E-state index contributed by atoms with van der Waals surface area (Å²) in [5.74, 6) is 1.12. The predicted octanol–water partition coefficient (Wildman–Crippen LogP) is 2.04. The van der Waals surface area contributed by atoms with Crippen molar-refractivity contribution in [2.24, 2.45) is 23.7 Å². The second-order valence-corrected chi connectivity index (χ2v) is 6.15. The van der Waals surface area contributed by atoms with Crippen LogP contribution < -0.4 is 5.32 Å². The molecule has 1 amide bonds. The Labute approximate surface area is 120 Å². The van der Waals surface area contributed by atoms with Crippen LogP contribution in [0.25, 0.3) is 0 Å². The topological polar surface area (TPSA) is 66.4 Å². The third-order valence-electron chi connectivity index (χ3n) is 5.35.